The predicted octanol–water partition coefficient (Wildman–Crippen LogP) is 2.15. The van der Waals surface area contributed by atoms with E-state index < -0.39 is 4.92 Å². The molecule has 1 amide bonds. The molecule has 32 heavy (non-hydrogen) atoms. The van der Waals surface area contributed by atoms with Gasteiger partial charge < -0.3 is 4.90 Å². The number of aryl methyl sites for hydroxylation is 2. The van der Waals surface area contributed by atoms with E-state index in [0.29, 0.717) is 36.6 Å². The van der Waals surface area contributed by atoms with Gasteiger partial charge in [0.2, 0.25) is 0 Å². The number of carbonyl (C=O) groups excluding carboxylic acids is 1. The van der Waals surface area contributed by atoms with E-state index in [0.717, 1.165) is 25.2 Å². The number of hydrogen-bond donors (Lipinski definition) is 0. The van der Waals surface area contributed by atoms with Gasteiger partial charge in [-0.15, -0.1) is 0 Å². The molecule has 1 aliphatic heterocycles. The molecule has 1 aromatic carbocycles. The molecular formula is C22H27N7O3. The first kappa shape index (κ1) is 21.7. The standard InChI is InChI=1S/C22H27N7O3/c1-16-21(29(31)32)17(2)28(24-16)15-18-4-6-20(7-5-18)22(30)27-10-8-26(9-11-27)14-19-12-23-25(3)13-19/h4-7,12-13H,8-11,14-15H2,1-3H3. The Hall–Kier alpha value is -3.53. The molecule has 0 N–H and O–H groups in total. The van der Waals surface area contributed by atoms with E-state index in [1.54, 1.807) is 23.2 Å². The summed E-state index contributed by atoms with van der Waals surface area (Å²) in [5.41, 5.74) is 3.74. The topological polar surface area (TPSA) is 102 Å². The molecule has 0 atom stereocenters. The summed E-state index contributed by atoms with van der Waals surface area (Å²) in [5.74, 6) is 0.0272. The van der Waals surface area contributed by atoms with Gasteiger partial charge in [-0.3, -0.25) is 29.2 Å². The van der Waals surface area contributed by atoms with Gasteiger partial charge in [-0.25, -0.2) is 0 Å². The Morgan fingerprint density at radius 2 is 1.75 bits per heavy atom. The predicted molar refractivity (Wildman–Crippen MR) is 118 cm³/mol. The quantitative estimate of drug-likeness (QED) is 0.433. The van der Waals surface area contributed by atoms with Crippen molar-refractivity contribution in [2.45, 2.75) is 26.9 Å². The molecule has 4 rings (SSSR count). The molecule has 0 radical (unpaired) electrons. The molecule has 2 aromatic heterocycles. The highest BCUT2D eigenvalue weighted by Gasteiger charge is 2.23. The van der Waals surface area contributed by atoms with E-state index in [1.165, 1.54) is 5.56 Å². The number of carbonyl (C=O) groups is 1. The van der Waals surface area contributed by atoms with Gasteiger partial charge >= 0.3 is 5.69 Å². The summed E-state index contributed by atoms with van der Waals surface area (Å²) in [4.78, 5) is 27.9. The molecule has 10 nitrogen and oxygen atoms in total. The highest BCUT2D eigenvalue weighted by molar-refractivity contribution is 5.94. The van der Waals surface area contributed by atoms with Crippen LogP contribution in [-0.2, 0) is 20.1 Å². The van der Waals surface area contributed by atoms with Gasteiger partial charge in [-0.2, -0.15) is 10.2 Å². The fourth-order valence-corrected chi connectivity index (χ4v) is 4.13. The number of hydrogen-bond acceptors (Lipinski definition) is 6. The first-order chi connectivity index (χ1) is 15.3. The molecule has 168 valence electrons. The third-order valence-electron chi connectivity index (χ3n) is 5.88. The lowest BCUT2D eigenvalue weighted by molar-refractivity contribution is -0.386. The molecule has 3 aromatic rings. The molecule has 0 spiro atoms. The van der Waals surface area contributed by atoms with E-state index in [1.807, 2.05) is 48.6 Å². The van der Waals surface area contributed by atoms with Crippen LogP contribution in [0.2, 0.25) is 0 Å². The number of rotatable bonds is 6. The van der Waals surface area contributed by atoms with Crippen molar-refractivity contribution in [1.29, 1.82) is 0 Å². The lowest BCUT2D eigenvalue weighted by Gasteiger charge is -2.34. The zero-order valence-electron chi connectivity index (χ0n) is 18.6. The van der Waals surface area contributed by atoms with Gasteiger partial charge in [0.25, 0.3) is 5.91 Å². The number of nitro groups is 1. The van der Waals surface area contributed by atoms with Crippen molar-refractivity contribution < 1.29 is 9.72 Å². The third kappa shape index (κ3) is 4.54. The molecule has 10 heteroatoms. The summed E-state index contributed by atoms with van der Waals surface area (Å²) >= 11 is 0. The second kappa shape index (κ2) is 8.91. The first-order valence-electron chi connectivity index (χ1n) is 10.6. The minimum absolute atomic E-state index is 0.0272. The second-order valence-electron chi connectivity index (χ2n) is 8.22. The third-order valence-corrected chi connectivity index (χ3v) is 5.88. The van der Waals surface area contributed by atoms with Crippen molar-refractivity contribution in [2.75, 3.05) is 26.2 Å². The Kier molecular flexibility index (Phi) is 6.04. The van der Waals surface area contributed by atoms with Crippen LogP contribution in [-0.4, -0.2) is 66.4 Å². The summed E-state index contributed by atoms with van der Waals surface area (Å²) in [6.45, 7) is 7.64. The maximum absolute atomic E-state index is 12.9. The number of nitrogens with zero attached hydrogens (tertiary/aromatic N) is 7. The molecule has 1 saturated heterocycles. The molecule has 1 fully saturated rings. The average molecular weight is 438 g/mol. The average Bonchev–Trinajstić information content (AvgIpc) is 3.30. The van der Waals surface area contributed by atoms with Crippen molar-refractivity contribution >= 4 is 11.6 Å². The Bertz CT molecular complexity index is 1130. The van der Waals surface area contributed by atoms with Crippen LogP contribution in [0.25, 0.3) is 0 Å². The lowest BCUT2D eigenvalue weighted by Crippen LogP contribution is -2.48. The molecular weight excluding hydrogens is 410 g/mol. The Morgan fingerprint density at radius 3 is 2.31 bits per heavy atom. The summed E-state index contributed by atoms with van der Waals surface area (Å²) in [6.07, 6.45) is 3.90. The van der Waals surface area contributed by atoms with Gasteiger partial charge in [-0.05, 0) is 31.5 Å². The van der Waals surface area contributed by atoms with Crippen LogP contribution in [0.15, 0.2) is 36.7 Å². The van der Waals surface area contributed by atoms with Gasteiger partial charge in [0, 0.05) is 57.1 Å². The normalized spacial score (nSPS) is 14.7. The van der Waals surface area contributed by atoms with Crippen LogP contribution in [0.5, 0.6) is 0 Å². The highest BCUT2D eigenvalue weighted by Crippen LogP contribution is 2.22. The number of benzene rings is 1. The van der Waals surface area contributed by atoms with E-state index in [-0.39, 0.29) is 11.6 Å². The summed E-state index contributed by atoms with van der Waals surface area (Å²) < 4.78 is 3.43. The van der Waals surface area contributed by atoms with Gasteiger partial charge in [0.1, 0.15) is 11.4 Å². The SMILES string of the molecule is Cc1nn(Cc2ccc(C(=O)N3CCN(Cc4cnn(C)c4)CC3)cc2)c(C)c1[N+](=O)[O-]. The van der Waals surface area contributed by atoms with Crippen molar-refractivity contribution in [1.82, 2.24) is 29.4 Å². The molecule has 0 aliphatic carbocycles. The van der Waals surface area contributed by atoms with Crippen molar-refractivity contribution in [3.8, 4) is 0 Å². The molecule has 0 bridgehead atoms. The van der Waals surface area contributed by atoms with E-state index >= 15 is 0 Å². The molecule has 0 saturated carbocycles. The van der Waals surface area contributed by atoms with E-state index in [9.17, 15) is 14.9 Å². The molecule has 3 heterocycles. The Balaban J connectivity index is 1.35. The van der Waals surface area contributed by atoms with E-state index in [2.05, 4.69) is 15.1 Å². The molecule has 0 unspecified atom stereocenters. The fourth-order valence-electron chi connectivity index (χ4n) is 4.13. The lowest BCUT2D eigenvalue weighted by atomic mass is 10.1. The van der Waals surface area contributed by atoms with E-state index in [4.69, 9.17) is 0 Å². The van der Waals surface area contributed by atoms with Crippen LogP contribution in [0.4, 0.5) is 5.69 Å². The second-order valence-corrected chi connectivity index (χ2v) is 8.22. The maximum atomic E-state index is 12.9. The highest BCUT2D eigenvalue weighted by atomic mass is 16.6. The molecule has 1 aliphatic rings. The number of piperazine rings is 1. The number of amides is 1. The Labute approximate surface area is 186 Å². The van der Waals surface area contributed by atoms with Crippen LogP contribution in [0.3, 0.4) is 0 Å². The summed E-state index contributed by atoms with van der Waals surface area (Å²) in [5, 5.41) is 19.7. The number of aromatic nitrogens is 4. The summed E-state index contributed by atoms with van der Waals surface area (Å²) in [7, 11) is 1.91. The minimum atomic E-state index is -0.396. The van der Waals surface area contributed by atoms with Gasteiger partial charge in [-0.1, -0.05) is 12.1 Å². The largest absolute Gasteiger partial charge is 0.336 e. The zero-order chi connectivity index (χ0) is 22.8. The monoisotopic (exact) mass is 437 g/mol. The van der Waals surface area contributed by atoms with Crippen molar-refractivity contribution in [3.05, 3.63) is 74.9 Å². The summed E-state index contributed by atoms with van der Waals surface area (Å²) in [6, 6.07) is 7.40. The van der Waals surface area contributed by atoms with Gasteiger partial charge in [0.05, 0.1) is 17.7 Å². The Morgan fingerprint density at radius 1 is 1.06 bits per heavy atom. The van der Waals surface area contributed by atoms with Crippen LogP contribution in [0.1, 0.15) is 32.9 Å². The van der Waals surface area contributed by atoms with Crippen LogP contribution < -0.4 is 0 Å². The first-order valence-corrected chi connectivity index (χ1v) is 10.6. The van der Waals surface area contributed by atoms with Crippen LogP contribution in [0, 0.1) is 24.0 Å². The van der Waals surface area contributed by atoms with Crippen molar-refractivity contribution in [2.24, 2.45) is 7.05 Å². The van der Waals surface area contributed by atoms with Crippen LogP contribution >= 0.6 is 0 Å². The maximum Gasteiger partial charge on any atom is 0.312 e. The van der Waals surface area contributed by atoms with Gasteiger partial charge in [0.15, 0.2) is 0 Å². The fraction of sp³-hybridized carbons (Fsp3) is 0.409. The zero-order valence-corrected chi connectivity index (χ0v) is 18.6. The smallest absolute Gasteiger partial charge is 0.312 e. The minimum Gasteiger partial charge on any atom is -0.336 e. The van der Waals surface area contributed by atoms with Crippen molar-refractivity contribution in [3.63, 3.8) is 0 Å².